The van der Waals surface area contributed by atoms with Crippen molar-refractivity contribution in [1.29, 1.82) is 0 Å². The molecule has 0 aliphatic carbocycles. The van der Waals surface area contributed by atoms with Gasteiger partial charge in [-0.2, -0.15) is 0 Å². The molecule has 4 aliphatic heterocycles. The number of rotatable bonds is 6. The molecule has 0 aromatic heterocycles. The lowest BCUT2D eigenvalue weighted by Crippen LogP contribution is -2.62. The Bertz CT molecular complexity index is 1640. The van der Waals surface area contributed by atoms with Crippen molar-refractivity contribution in [3.8, 4) is 17.2 Å². The van der Waals surface area contributed by atoms with Crippen molar-refractivity contribution in [1.82, 2.24) is 4.90 Å². The zero-order valence-corrected chi connectivity index (χ0v) is 24.1. The minimum absolute atomic E-state index is 0.247. The molecule has 9 heteroatoms. The molecule has 216 valence electrons. The predicted molar refractivity (Wildman–Crippen MR) is 157 cm³/mol. The van der Waals surface area contributed by atoms with E-state index in [1.54, 1.807) is 12.1 Å². The van der Waals surface area contributed by atoms with Gasteiger partial charge in [0, 0.05) is 28.5 Å². The summed E-state index contributed by atoms with van der Waals surface area (Å²) in [7, 11) is 4.51. The van der Waals surface area contributed by atoms with E-state index in [0.29, 0.717) is 52.7 Å². The minimum Gasteiger partial charge on any atom is -0.493 e. The molecule has 4 atom stereocenters. The van der Waals surface area contributed by atoms with Gasteiger partial charge in [0.15, 0.2) is 17.3 Å². The normalized spacial score (nSPS) is 27.0. The summed E-state index contributed by atoms with van der Waals surface area (Å²) in [5.41, 5.74) is 1.18. The number of nitrogens with one attached hydrogen (secondary N) is 2. The Morgan fingerprint density at radius 3 is 2.29 bits per heavy atom. The third-order valence-corrected chi connectivity index (χ3v) is 9.80. The molecule has 2 saturated heterocycles. The van der Waals surface area contributed by atoms with Gasteiger partial charge in [0.05, 0.1) is 27.2 Å². The molecule has 4 aliphatic rings. The molecule has 7 rings (SSSR count). The summed E-state index contributed by atoms with van der Waals surface area (Å²) >= 11 is 0. The van der Waals surface area contributed by atoms with Crippen LogP contribution in [0, 0.1) is 5.92 Å². The van der Waals surface area contributed by atoms with Crippen molar-refractivity contribution in [2.24, 2.45) is 5.92 Å². The van der Waals surface area contributed by atoms with Crippen LogP contribution in [0.5, 0.6) is 17.2 Å². The third kappa shape index (κ3) is 3.04. The summed E-state index contributed by atoms with van der Waals surface area (Å²) in [5, 5.41) is 6.20. The van der Waals surface area contributed by atoms with Gasteiger partial charge in [-0.15, -0.1) is 0 Å². The van der Waals surface area contributed by atoms with Gasteiger partial charge in [0.2, 0.25) is 11.7 Å². The zero-order chi connectivity index (χ0) is 29.4. The molecule has 42 heavy (non-hydrogen) atoms. The highest BCUT2D eigenvalue weighted by Gasteiger charge is 2.81. The van der Waals surface area contributed by atoms with E-state index >= 15 is 4.79 Å². The number of ketones is 1. The number of benzene rings is 3. The number of methoxy groups -OCH3 is 3. The van der Waals surface area contributed by atoms with Crippen LogP contribution in [-0.4, -0.2) is 56.4 Å². The maximum atomic E-state index is 15.0. The first-order chi connectivity index (χ1) is 20.4. The summed E-state index contributed by atoms with van der Waals surface area (Å²) in [5.74, 6) is -0.664. The molecule has 3 aromatic rings. The summed E-state index contributed by atoms with van der Waals surface area (Å²) in [6.07, 6.45) is 2.25. The van der Waals surface area contributed by atoms with Crippen LogP contribution in [0.15, 0.2) is 54.6 Å². The Kier molecular flexibility index (Phi) is 5.89. The second-order valence-corrected chi connectivity index (χ2v) is 11.4. The quantitative estimate of drug-likeness (QED) is 0.428. The average molecular weight is 568 g/mol. The van der Waals surface area contributed by atoms with Gasteiger partial charge in [-0.1, -0.05) is 37.3 Å². The van der Waals surface area contributed by atoms with Gasteiger partial charge in [-0.25, -0.2) is 0 Å². The molecule has 0 bridgehead atoms. The SMILES string of the molecule is CCc1ccc2c(c1)C1(C(=O)N2)N2CCCC2C(C(=O)c2cc(OC)c(OC)c(OC)c2)C12C(=O)Nc1ccccc12. The predicted octanol–water partition coefficient (Wildman–Crippen LogP) is 4.29. The number of ether oxygens (including phenoxy) is 3. The highest BCUT2D eigenvalue weighted by Crippen LogP contribution is 2.68. The second-order valence-electron chi connectivity index (χ2n) is 11.4. The molecule has 2 fully saturated rings. The first-order valence-corrected chi connectivity index (χ1v) is 14.3. The van der Waals surface area contributed by atoms with E-state index in [1.165, 1.54) is 21.3 Å². The van der Waals surface area contributed by atoms with E-state index in [-0.39, 0.29) is 23.6 Å². The number of Topliss-reactive ketones (excluding diaryl/α,β-unsaturated/α-hetero) is 1. The van der Waals surface area contributed by atoms with Gasteiger partial charge in [0.1, 0.15) is 11.0 Å². The summed E-state index contributed by atoms with van der Waals surface area (Å²) in [6.45, 7) is 2.65. The number of para-hydroxylation sites is 1. The summed E-state index contributed by atoms with van der Waals surface area (Å²) < 4.78 is 16.7. The molecule has 4 heterocycles. The van der Waals surface area contributed by atoms with Crippen molar-refractivity contribution in [2.45, 2.75) is 43.2 Å². The Hall–Kier alpha value is -4.37. The van der Waals surface area contributed by atoms with Crippen LogP contribution >= 0.6 is 0 Å². The average Bonchev–Trinajstić information content (AvgIpc) is 3.74. The van der Waals surface area contributed by atoms with Crippen LogP contribution in [-0.2, 0) is 27.0 Å². The van der Waals surface area contributed by atoms with E-state index in [1.807, 2.05) is 42.5 Å². The summed E-state index contributed by atoms with van der Waals surface area (Å²) in [6, 6.07) is 16.4. The Balaban J connectivity index is 1.55. The summed E-state index contributed by atoms with van der Waals surface area (Å²) in [4.78, 5) is 46.5. The van der Waals surface area contributed by atoms with E-state index in [2.05, 4.69) is 22.5 Å². The fourth-order valence-electron chi connectivity index (χ4n) is 8.25. The lowest BCUT2D eigenvalue weighted by molar-refractivity contribution is -0.137. The fraction of sp³-hybridized carbons (Fsp3) is 0.364. The van der Waals surface area contributed by atoms with Crippen LogP contribution in [0.3, 0.4) is 0 Å². The van der Waals surface area contributed by atoms with Crippen molar-refractivity contribution in [3.63, 3.8) is 0 Å². The number of amides is 2. The van der Waals surface area contributed by atoms with Crippen molar-refractivity contribution in [2.75, 3.05) is 38.5 Å². The van der Waals surface area contributed by atoms with E-state index in [4.69, 9.17) is 14.2 Å². The molecule has 2 amide bonds. The number of hydrogen-bond acceptors (Lipinski definition) is 7. The van der Waals surface area contributed by atoms with Gasteiger partial charge in [-0.3, -0.25) is 19.3 Å². The monoisotopic (exact) mass is 567 g/mol. The number of aryl methyl sites for hydroxylation is 1. The molecular formula is C33H33N3O6. The second kappa shape index (κ2) is 9.32. The number of carbonyl (C=O) groups excluding carboxylic acids is 3. The molecule has 0 saturated carbocycles. The van der Waals surface area contributed by atoms with Crippen LogP contribution in [0.1, 0.15) is 46.8 Å². The number of carbonyl (C=O) groups is 3. The van der Waals surface area contributed by atoms with Gasteiger partial charge in [0.25, 0.3) is 5.91 Å². The number of hydrogen-bond donors (Lipinski definition) is 2. The number of anilines is 2. The standard InChI is InChI=1S/C33H33N3O6/c1-5-18-12-13-23-21(15-18)33(31(39)35-23)32(20-9-6-7-10-22(20)34-30(32)38)27(24-11-8-14-36(24)33)28(37)19-16-25(40-2)29(42-4)26(17-19)41-3/h6-7,9-10,12-13,15-17,24,27H,5,8,11,14H2,1-4H3,(H,34,38)(H,35,39). The van der Waals surface area contributed by atoms with E-state index < -0.39 is 16.9 Å². The molecule has 2 N–H and O–H groups in total. The molecule has 0 radical (unpaired) electrons. The van der Waals surface area contributed by atoms with E-state index in [9.17, 15) is 9.59 Å². The molecule has 9 nitrogen and oxygen atoms in total. The maximum Gasteiger partial charge on any atom is 0.251 e. The van der Waals surface area contributed by atoms with Gasteiger partial charge < -0.3 is 24.8 Å². The van der Waals surface area contributed by atoms with E-state index in [0.717, 1.165) is 24.0 Å². The largest absolute Gasteiger partial charge is 0.493 e. The molecule has 4 unspecified atom stereocenters. The third-order valence-electron chi connectivity index (χ3n) is 9.80. The number of fused-ring (bicyclic) bond motifs is 7. The van der Waals surface area contributed by atoms with Crippen LogP contribution < -0.4 is 24.8 Å². The van der Waals surface area contributed by atoms with Crippen LogP contribution in [0.25, 0.3) is 0 Å². The van der Waals surface area contributed by atoms with Gasteiger partial charge >= 0.3 is 0 Å². The Morgan fingerprint density at radius 2 is 1.60 bits per heavy atom. The lowest BCUT2D eigenvalue weighted by Gasteiger charge is -2.43. The fourth-order valence-corrected chi connectivity index (χ4v) is 8.25. The highest BCUT2D eigenvalue weighted by molar-refractivity contribution is 6.21. The molecule has 2 spiro atoms. The zero-order valence-electron chi connectivity index (χ0n) is 24.1. The van der Waals surface area contributed by atoms with Crippen molar-refractivity contribution < 1.29 is 28.6 Å². The lowest BCUT2D eigenvalue weighted by atomic mass is 9.57. The Morgan fingerprint density at radius 1 is 0.905 bits per heavy atom. The van der Waals surface area contributed by atoms with Gasteiger partial charge in [-0.05, 0) is 61.2 Å². The van der Waals surface area contributed by atoms with Crippen molar-refractivity contribution in [3.05, 3.63) is 76.9 Å². The first kappa shape index (κ1) is 26.5. The first-order valence-electron chi connectivity index (χ1n) is 14.3. The molecular weight excluding hydrogens is 534 g/mol. The Labute approximate surface area is 244 Å². The molecule has 3 aromatic carbocycles. The van der Waals surface area contributed by atoms with Crippen LogP contribution in [0.2, 0.25) is 0 Å². The highest BCUT2D eigenvalue weighted by atomic mass is 16.5. The smallest absolute Gasteiger partial charge is 0.251 e. The van der Waals surface area contributed by atoms with Crippen molar-refractivity contribution >= 4 is 29.0 Å². The minimum atomic E-state index is -1.52. The topological polar surface area (TPSA) is 106 Å². The number of nitrogens with zero attached hydrogens (tertiary/aromatic N) is 1. The van der Waals surface area contributed by atoms with Crippen LogP contribution in [0.4, 0.5) is 11.4 Å². The maximum absolute atomic E-state index is 15.0.